The van der Waals surface area contributed by atoms with E-state index < -0.39 is 9.84 Å². The first kappa shape index (κ1) is 15.3. The Kier molecular flexibility index (Phi) is 4.61. The van der Waals surface area contributed by atoms with Crippen LogP contribution in [0.5, 0.6) is 0 Å². The second-order valence-electron chi connectivity index (χ2n) is 7.11. The first-order valence-electron chi connectivity index (χ1n) is 7.83. The number of rotatable bonds is 4. The lowest BCUT2D eigenvalue weighted by molar-refractivity contribution is 0.209. The Balaban J connectivity index is 2.20. The van der Waals surface area contributed by atoms with Gasteiger partial charge in [-0.2, -0.15) is 0 Å². The largest absolute Gasteiger partial charge is 0.313 e. The van der Waals surface area contributed by atoms with Gasteiger partial charge in [0.15, 0.2) is 9.84 Å². The van der Waals surface area contributed by atoms with E-state index in [2.05, 4.69) is 26.1 Å². The summed E-state index contributed by atoms with van der Waals surface area (Å²) >= 11 is 0. The van der Waals surface area contributed by atoms with Crippen LogP contribution in [-0.4, -0.2) is 31.5 Å². The van der Waals surface area contributed by atoms with E-state index in [4.69, 9.17) is 0 Å². The fraction of sp³-hybridized carbons (Fsp3) is 1.00. The SMILES string of the molecule is CCNC1CCC(C)(C)CC1S(=O)(=O)C1CCCC1. The van der Waals surface area contributed by atoms with Crippen molar-refractivity contribution in [2.24, 2.45) is 5.41 Å². The van der Waals surface area contributed by atoms with Crippen LogP contribution in [0.1, 0.15) is 65.7 Å². The van der Waals surface area contributed by atoms with E-state index in [0.717, 1.165) is 51.5 Å². The normalized spacial score (nSPS) is 32.6. The van der Waals surface area contributed by atoms with E-state index in [9.17, 15) is 8.42 Å². The maximum atomic E-state index is 12.9. The Morgan fingerprint density at radius 1 is 1.16 bits per heavy atom. The molecule has 0 radical (unpaired) electrons. The van der Waals surface area contributed by atoms with Gasteiger partial charge in [0.05, 0.1) is 10.5 Å². The molecule has 2 saturated carbocycles. The van der Waals surface area contributed by atoms with Gasteiger partial charge in [0.25, 0.3) is 0 Å². The average Bonchev–Trinajstić information content (AvgIpc) is 2.85. The third kappa shape index (κ3) is 3.33. The summed E-state index contributed by atoms with van der Waals surface area (Å²) in [4.78, 5) is 0. The molecule has 2 fully saturated rings. The van der Waals surface area contributed by atoms with Crippen LogP contribution in [0.25, 0.3) is 0 Å². The van der Waals surface area contributed by atoms with Crippen LogP contribution in [0.3, 0.4) is 0 Å². The fourth-order valence-corrected chi connectivity index (χ4v) is 6.68. The fourth-order valence-electron chi connectivity index (χ4n) is 3.83. The predicted molar refractivity (Wildman–Crippen MR) is 80.1 cm³/mol. The van der Waals surface area contributed by atoms with E-state index in [1.54, 1.807) is 0 Å². The van der Waals surface area contributed by atoms with Crippen molar-refractivity contribution in [3.8, 4) is 0 Å². The molecule has 1 N–H and O–H groups in total. The minimum absolute atomic E-state index is 0.0624. The minimum Gasteiger partial charge on any atom is -0.313 e. The van der Waals surface area contributed by atoms with E-state index in [1.165, 1.54) is 0 Å². The van der Waals surface area contributed by atoms with Crippen LogP contribution in [0.4, 0.5) is 0 Å². The summed E-state index contributed by atoms with van der Waals surface area (Å²) in [5, 5.41) is 3.19. The molecular weight excluding hydrogens is 258 g/mol. The lowest BCUT2D eigenvalue weighted by Gasteiger charge is -2.41. The van der Waals surface area contributed by atoms with E-state index in [1.807, 2.05) is 0 Å². The van der Waals surface area contributed by atoms with Crippen molar-refractivity contribution >= 4 is 9.84 Å². The Hall–Kier alpha value is -0.0900. The quantitative estimate of drug-likeness (QED) is 0.865. The second kappa shape index (κ2) is 5.72. The van der Waals surface area contributed by atoms with Gasteiger partial charge in [-0.25, -0.2) is 8.42 Å². The first-order valence-corrected chi connectivity index (χ1v) is 9.44. The van der Waals surface area contributed by atoms with Gasteiger partial charge in [0.1, 0.15) is 0 Å². The van der Waals surface area contributed by atoms with Crippen molar-refractivity contribution in [1.82, 2.24) is 5.32 Å². The zero-order chi connectivity index (χ0) is 14.1. The summed E-state index contributed by atoms with van der Waals surface area (Å²) in [5.74, 6) is 0. The van der Waals surface area contributed by atoms with Crippen LogP contribution in [-0.2, 0) is 9.84 Å². The highest BCUT2D eigenvalue weighted by atomic mass is 32.2. The molecule has 3 nitrogen and oxygen atoms in total. The van der Waals surface area contributed by atoms with E-state index >= 15 is 0 Å². The van der Waals surface area contributed by atoms with Gasteiger partial charge in [-0.3, -0.25) is 0 Å². The lowest BCUT2D eigenvalue weighted by atomic mass is 9.75. The van der Waals surface area contributed by atoms with Crippen molar-refractivity contribution in [3.63, 3.8) is 0 Å². The molecule has 0 aromatic heterocycles. The molecule has 2 aliphatic rings. The molecule has 0 bridgehead atoms. The average molecular weight is 287 g/mol. The molecule has 0 spiro atoms. The number of nitrogens with one attached hydrogen (secondary N) is 1. The van der Waals surface area contributed by atoms with Crippen molar-refractivity contribution in [1.29, 1.82) is 0 Å². The van der Waals surface area contributed by atoms with E-state index in [0.29, 0.717) is 0 Å². The molecule has 0 amide bonds. The van der Waals surface area contributed by atoms with Crippen LogP contribution in [0, 0.1) is 5.41 Å². The molecule has 2 aliphatic carbocycles. The third-order valence-corrected chi connectivity index (χ3v) is 7.73. The molecule has 4 heteroatoms. The Labute approximate surface area is 118 Å². The molecule has 2 atom stereocenters. The molecule has 0 heterocycles. The van der Waals surface area contributed by atoms with E-state index in [-0.39, 0.29) is 22.0 Å². The predicted octanol–water partition coefficient (Wildman–Crippen LogP) is 2.90. The summed E-state index contributed by atoms with van der Waals surface area (Å²) in [6.45, 7) is 7.36. The smallest absolute Gasteiger partial charge is 0.157 e. The van der Waals surface area contributed by atoms with Crippen LogP contribution in [0.2, 0.25) is 0 Å². The third-order valence-electron chi connectivity index (χ3n) is 4.99. The summed E-state index contributed by atoms with van der Waals surface area (Å²) in [6, 6.07) is 0.170. The number of hydrogen-bond donors (Lipinski definition) is 1. The summed E-state index contributed by atoms with van der Waals surface area (Å²) in [5.41, 5.74) is 0.169. The molecule has 112 valence electrons. The summed E-state index contributed by atoms with van der Waals surface area (Å²) in [7, 11) is -2.97. The van der Waals surface area contributed by atoms with Gasteiger partial charge in [0.2, 0.25) is 0 Å². The first-order chi connectivity index (χ1) is 8.87. The zero-order valence-electron chi connectivity index (χ0n) is 12.6. The Morgan fingerprint density at radius 3 is 2.37 bits per heavy atom. The van der Waals surface area contributed by atoms with Gasteiger partial charge in [0, 0.05) is 6.04 Å². The molecule has 0 saturated heterocycles. The molecular formula is C15H29NO2S. The van der Waals surface area contributed by atoms with Crippen LogP contribution in [0.15, 0.2) is 0 Å². The lowest BCUT2D eigenvalue weighted by Crippen LogP contribution is -2.51. The van der Waals surface area contributed by atoms with Crippen molar-refractivity contribution in [2.45, 2.75) is 82.3 Å². The molecule has 0 aromatic carbocycles. The Bertz CT molecular complexity index is 396. The highest BCUT2D eigenvalue weighted by Crippen LogP contribution is 2.41. The second-order valence-corrected chi connectivity index (χ2v) is 9.56. The zero-order valence-corrected chi connectivity index (χ0v) is 13.4. The van der Waals surface area contributed by atoms with Crippen molar-refractivity contribution < 1.29 is 8.42 Å². The molecule has 2 unspecified atom stereocenters. The summed E-state index contributed by atoms with van der Waals surface area (Å²) < 4.78 is 25.8. The number of hydrogen-bond acceptors (Lipinski definition) is 3. The summed E-state index contributed by atoms with van der Waals surface area (Å²) in [6.07, 6.45) is 6.90. The van der Waals surface area contributed by atoms with Gasteiger partial charge >= 0.3 is 0 Å². The molecule has 19 heavy (non-hydrogen) atoms. The van der Waals surface area contributed by atoms with Crippen molar-refractivity contribution in [3.05, 3.63) is 0 Å². The highest BCUT2D eigenvalue weighted by molar-refractivity contribution is 7.92. The Morgan fingerprint density at radius 2 is 1.79 bits per heavy atom. The maximum absolute atomic E-state index is 12.9. The van der Waals surface area contributed by atoms with Gasteiger partial charge in [-0.05, 0) is 44.1 Å². The van der Waals surface area contributed by atoms with Crippen molar-refractivity contribution in [2.75, 3.05) is 6.54 Å². The van der Waals surface area contributed by atoms with Crippen LogP contribution >= 0.6 is 0 Å². The number of sulfone groups is 1. The van der Waals surface area contributed by atoms with Gasteiger partial charge in [-0.15, -0.1) is 0 Å². The van der Waals surface area contributed by atoms with Crippen LogP contribution < -0.4 is 5.32 Å². The molecule has 0 aromatic rings. The topological polar surface area (TPSA) is 46.2 Å². The highest BCUT2D eigenvalue weighted by Gasteiger charge is 2.45. The molecule has 0 aliphatic heterocycles. The standard InChI is InChI=1S/C15H29NO2S/c1-4-16-13-9-10-15(2,3)11-14(13)19(17,18)12-7-5-6-8-12/h12-14,16H,4-11H2,1-3H3. The minimum atomic E-state index is -2.97. The van der Waals surface area contributed by atoms with Gasteiger partial charge in [-0.1, -0.05) is 33.6 Å². The molecule has 2 rings (SSSR count). The monoisotopic (exact) mass is 287 g/mol. The van der Waals surface area contributed by atoms with Gasteiger partial charge < -0.3 is 5.32 Å². The maximum Gasteiger partial charge on any atom is 0.157 e.